The summed E-state index contributed by atoms with van der Waals surface area (Å²) in [5.41, 5.74) is 3.29. The van der Waals surface area contributed by atoms with E-state index in [9.17, 15) is 19.5 Å². The second-order valence-corrected chi connectivity index (χ2v) is 9.95. The summed E-state index contributed by atoms with van der Waals surface area (Å²) < 4.78 is 0. The predicted molar refractivity (Wildman–Crippen MR) is 138 cm³/mol. The first-order valence-corrected chi connectivity index (χ1v) is 12.7. The van der Waals surface area contributed by atoms with Gasteiger partial charge in [0, 0.05) is 35.2 Å². The van der Waals surface area contributed by atoms with E-state index in [4.69, 9.17) is 11.6 Å². The highest BCUT2D eigenvalue weighted by atomic mass is 35.5. The molecule has 35 heavy (non-hydrogen) atoms. The van der Waals surface area contributed by atoms with Crippen LogP contribution < -0.4 is 15.5 Å². The molecule has 0 spiro atoms. The van der Waals surface area contributed by atoms with E-state index >= 15 is 0 Å². The van der Waals surface area contributed by atoms with Crippen molar-refractivity contribution in [2.24, 2.45) is 11.8 Å². The van der Waals surface area contributed by atoms with Gasteiger partial charge in [-0.1, -0.05) is 30.5 Å². The Bertz CT molecular complexity index is 1110. The van der Waals surface area contributed by atoms with Gasteiger partial charge in [0.25, 0.3) is 5.91 Å². The van der Waals surface area contributed by atoms with Gasteiger partial charge in [0.2, 0.25) is 5.91 Å². The third-order valence-corrected chi connectivity index (χ3v) is 7.31. The molecular weight excluding hydrogens is 466 g/mol. The van der Waals surface area contributed by atoms with Gasteiger partial charge in [-0.15, -0.1) is 0 Å². The molecule has 1 aliphatic carbocycles. The van der Waals surface area contributed by atoms with Crippen LogP contribution in [0.5, 0.6) is 0 Å². The first kappa shape index (κ1) is 25.0. The van der Waals surface area contributed by atoms with Crippen LogP contribution in [0.3, 0.4) is 0 Å². The van der Waals surface area contributed by atoms with Gasteiger partial charge in [0.15, 0.2) is 0 Å². The molecule has 186 valence electrons. The summed E-state index contributed by atoms with van der Waals surface area (Å²) in [5, 5.41) is 15.9. The van der Waals surface area contributed by atoms with Crippen molar-refractivity contribution in [1.82, 2.24) is 0 Å². The van der Waals surface area contributed by atoms with Gasteiger partial charge in [0.1, 0.15) is 0 Å². The second-order valence-electron chi connectivity index (χ2n) is 9.52. The normalized spacial score (nSPS) is 20.2. The number of nitrogens with zero attached hydrogens (tertiary/aromatic N) is 1. The van der Waals surface area contributed by atoms with Crippen LogP contribution in [0.15, 0.2) is 36.4 Å². The van der Waals surface area contributed by atoms with E-state index in [-0.39, 0.29) is 11.8 Å². The Labute approximate surface area is 210 Å². The van der Waals surface area contributed by atoms with Crippen molar-refractivity contribution in [1.29, 1.82) is 0 Å². The minimum Gasteiger partial charge on any atom is -0.481 e. The second kappa shape index (κ2) is 11.1. The van der Waals surface area contributed by atoms with Crippen LogP contribution in [0.25, 0.3) is 0 Å². The Hall–Kier alpha value is -3.06. The fourth-order valence-electron chi connectivity index (χ4n) is 5.10. The first-order chi connectivity index (χ1) is 16.8. The highest BCUT2D eigenvalue weighted by Gasteiger charge is 2.35. The molecule has 1 saturated heterocycles. The summed E-state index contributed by atoms with van der Waals surface area (Å²) in [4.78, 5) is 40.3. The molecular formula is C27H32ClN3O4. The Balaban J connectivity index is 1.61. The summed E-state index contributed by atoms with van der Waals surface area (Å²) >= 11 is 6.14. The summed E-state index contributed by atoms with van der Waals surface area (Å²) in [7, 11) is 0. The number of hydrogen-bond acceptors (Lipinski definition) is 4. The van der Waals surface area contributed by atoms with E-state index in [1.54, 1.807) is 24.3 Å². The fraction of sp³-hybridized carbons (Fsp3) is 0.444. The van der Waals surface area contributed by atoms with Crippen LogP contribution in [-0.4, -0.2) is 36.0 Å². The van der Waals surface area contributed by atoms with Crippen LogP contribution >= 0.6 is 11.6 Å². The third kappa shape index (κ3) is 5.96. The highest BCUT2D eigenvalue weighted by molar-refractivity contribution is 6.31. The molecule has 2 aromatic carbocycles. The number of carboxylic acids is 1. The number of piperidine rings is 1. The molecule has 0 bridgehead atoms. The number of amides is 2. The molecule has 1 saturated carbocycles. The molecule has 2 amide bonds. The minimum absolute atomic E-state index is 0.284. The fourth-order valence-corrected chi connectivity index (χ4v) is 5.27. The maximum Gasteiger partial charge on any atom is 0.307 e. The molecule has 7 nitrogen and oxygen atoms in total. The molecule has 4 rings (SSSR count). The molecule has 0 radical (unpaired) electrons. The quantitative estimate of drug-likeness (QED) is 0.474. The number of hydrogen-bond donors (Lipinski definition) is 3. The summed E-state index contributed by atoms with van der Waals surface area (Å²) in [6.45, 7) is 3.63. The van der Waals surface area contributed by atoms with Gasteiger partial charge < -0.3 is 20.6 Å². The van der Waals surface area contributed by atoms with Crippen molar-refractivity contribution in [3.05, 3.63) is 52.5 Å². The van der Waals surface area contributed by atoms with E-state index in [2.05, 4.69) is 15.5 Å². The molecule has 2 aromatic rings. The number of carboxylic acid groups (broad SMARTS) is 1. The number of carbonyl (C=O) groups excluding carboxylic acids is 2. The lowest BCUT2D eigenvalue weighted by molar-refractivity contribution is -0.147. The van der Waals surface area contributed by atoms with Crippen molar-refractivity contribution in [2.45, 2.75) is 51.9 Å². The van der Waals surface area contributed by atoms with Crippen molar-refractivity contribution < 1.29 is 19.5 Å². The number of aryl methyl sites for hydroxylation is 1. The Kier molecular flexibility index (Phi) is 7.96. The smallest absolute Gasteiger partial charge is 0.307 e. The number of aliphatic carboxylic acids is 1. The monoisotopic (exact) mass is 497 g/mol. The SMILES string of the molecule is Cc1ccc(Cl)cc1NC(=O)c1cc(NC(=O)[C@H]2CCCC[C@H]2C(=O)O)ccc1N1CCCCC1. The zero-order valence-corrected chi connectivity index (χ0v) is 20.7. The lowest BCUT2D eigenvalue weighted by atomic mass is 9.78. The topological polar surface area (TPSA) is 98.7 Å². The summed E-state index contributed by atoms with van der Waals surface area (Å²) in [5.74, 6) is -2.77. The maximum absolute atomic E-state index is 13.5. The van der Waals surface area contributed by atoms with Crippen LogP contribution in [0.1, 0.15) is 60.9 Å². The number of nitrogens with one attached hydrogen (secondary N) is 2. The largest absolute Gasteiger partial charge is 0.481 e. The third-order valence-electron chi connectivity index (χ3n) is 7.07. The molecule has 0 unspecified atom stereocenters. The van der Waals surface area contributed by atoms with E-state index in [0.717, 1.165) is 50.0 Å². The Morgan fingerprint density at radius 1 is 0.914 bits per heavy atom. The summed E-state index contributed by atoms with van der Waals surface area (Å²) in [6.07, 6.45) is 6.00. The average Bonchev–Trinajstić information content (AvgIpc) is 2.86. The first-order valence-electron chi connectivity index (χ1n) is 12.3. The summed E-state index contributed by atoms with van der Waals surface area (Å²) in [6, 6.07) is 10.7. The highest BCUT2D eigenvalue weighted by Crippen LogP contribution is 2.33. The Morgan fingerprint density at radius 3 is 2.34 bits per heavy atom. The van der Waals surface area contributed by atoms with E-state index in [1.165, 1.54) is 6.42 Å². The number of carbonyl (C=O) groups is 3. The minimum atomic E-state index is -0.928. The molecule has 8 heteroatoms. The molecule has 2 atom stereocenters. The Morgan fingerprint density at radius 2 is 1.63 bits per heavy atom. The van der Waals surface area contributed by atoms with Gasteiger partial charge in [-0.05, 0) is 74.9 Å². The molecule has 2 aliphatic rings. The van der Waals surface area contributed by atoms with Gasteiger partial charge in [-0.2, -0.15) is 0 Å². The number of benzene rings is 2. The number of rotatable bonds is 6. The molecule has 1 aliphatic heterocycles. The number of anilines is 3. The standard InChI is InChI=1S/C27H32ClN3O4/c1-17-9-10-18(28)15-23(17)30-26(33)22-16-19(11-12-24(22)31-13-5-2-6-14-31)29-25(32)20-7-3-4-8-21(20)27(34)35/h9-12,15-16,20-21H,2-8,13-14H2,1H3,(H,29,32)(H,30,33)(H,34,35)/t20-,21+/m0/s1. The predicted octanol–water partition coefficient (Wildman–Crippen LogP) is 5.72. The zero-order valence-electron chi connectivity index (χ0n) is 20.0. The lowest BCUT2D eigenvalue weighted by Gasteiger charge is -2.31. The van der Waals surface area contributed by atoms with Gasteiger partial charge in [0.05, 0.1) is 17.4 Å². The van der Waals surface area contributed by atoms with E-state index in [0.29, 0.717) is 34.8 Å². The maximum atomic E-state index is 13.5. The lowest BCUT2D eigenvalue weighted by Crippen LogP contribution is -2.36. The van der Waals surface area contributed by atoms with Gasteiger partial charge >= 0.3 is 5.97 Å². The molecule has 2 fully saturated rings. The van der Waals surface area contributed by atoms with Crippen LogP contribution in [0.2, 0.25) is 5.02 Å². The van der Waals surface area contributed by atoms with Crippen molar-refractivity contribution in [3.8, 4) is 0 Å². The van der Waals surface area contributed by atoms with Crippen LogP contribution in [0.4, 0.5) is 17.1 Å². The van der Waals surface area contributed by atoms with E-state index < -0.39 is 17.8 Å². The van der Waals surface area contributed by atoms with Crippen LogP contribution in [-0.2, 0) is 9.59 Å². The van der Waals surface area contributed by atoms with Crippen molar-refractivity contribution in [2.75, 3.05) is 28.6 Å². The molecule has 0 aromatic heterocycles. The number of halogens is 1. The van der Waals surface area contributed by atoms with Gasteiger partial charge in [-0.3, -0.25) is 14.4 Å². The van der Waals surface area contributed by atoms with Crippen molar-refractivity contribution >= 4 is 46.4 Å². The van der Waals surface area contributed by atoms with Crippen molar-refractivity contribution in [3.63, 3.8) is 0 Å². The van der Waals surface area contributed by atoms with Crippen LogP contribution in [0, 0.1) is 18.8 Å². The van der Waals surface area contributed by atoms with Gasteiger partial charge in [-0.25, -0.2) is 0 Å². The average molecular weight is 498 g/mol. The van der Waals surface area contributed by atoms with E-state index in [1.807, 2.05) is 19.1 Å². The molecule has 1 heterocycles. The molecule has 3 N–H and O–H groups in total. The zero-order chi connectivity index (χ0) is 24.9.